The summed E-state index contributed by atoms with van der Waals surface area (Å²) >= 11 is 0. The SMILES string of the molecule is [B]C([B])(O)n1cc(NC=O)c(OC(C)C)n1. The summed E-state index contributed by atoms with van der Waals surface area (Å²) in [4.78, 5) is 10.3. The highest BCUT2D eigenvalue weighted by Crippen LogP contribution is 2.24. The largest absolute Gasteiger partial charge is 0.472 e. The molecule has 0 saturated carbocycles. The maximum Gasteiger partial charge on any atom is 0.257 e. The van der Waals surface area contributed by atoms with E-state index in [0.29, 0.717) is 6.41 Å². The first kappa shape index (κ1) is 12.6. The van der Waals surface area contributed by atoms with E-state index in [0.717, 1.165) is 4.68 Å². The summed E-state index contributed by atoms with van der Waals surface area (Å²) < 4.78 is 6.18. The molecule has 0 spiro atoms. The van der Waals surface area contributed by atoms with Crippen LogP contribution in [0.4, 0.5) is 5.69 Å². The molecular weight excluding hydrogens is 208 g/mol. The number of anilines is 1. The van der Waals surface area contributed by atoms with Crippen molar-refractivity contribution in [1.29, 1.82) is 0 Å². The molecule has 16 heavy (non-hydrogen) atoms. The fraction of sp³-hybridized carbons (Fsp3) is 0.500. The van der Waals surface area contributed by atoms with Crippen LogP contribution in [0.15, 0.2) is 6.20 Å². The third-order valence-corrected chi connectivity index (χ3v) is 1.61. The van der Waals surface area contributed by atoms with Gasteiger partial charge in [0.25, 0.3) is 5.88 Å². The zero-order valence-corrected chi connectivity index (χ0v) is 9.04. The molecule has 0 aliphatic heterocycles. The molecule has 0 unspecified atom stereocenters. The van der Waals surface area contributed by atoms with Gasteiger partial charge >= 0.3 is 0 Å². The predicted octanol–water partition coefficient (Wildman–Crippen LogP) is -0.864. The van der Waals surface area contributed by atoms with Crippen LogP contribution in [0.25, 0.3) is 0 Å². The Morgan fingerprint density at radius 2 is 2.31 bits per heavy atom. The van der Waals surface area contributed by atoms with Gasteiger partial charge in [-0.1, -0.05) is 0 Å². The lowest BCUT2D eigenvalue weighted by Crippen LogP contribution is -2.34. The van der Waals surface area contributed by atoms with Crippen LogP contribution in [-0.2, 0) is 10.3 Å². The third kappa shape index (κ3) is 3.03. The second kappa shape index (κ2) is 4.61. The fourth-order valence-corrected chi connectivity index (χ4v) is 1.01. The van der Waals surface area contributed by atoms with Gasteiger partial charge in [-0.2, -0.15) is 0 Å². The summed E-state index contributed by atoms with van der Waals surface area (Å²) in [5.74, 6) is 0.136. The van der Waals surface area contributed by atoms with Crippen LogP contribution in [0.2, 0.25) is 0 Å². The van der Waals surface area contributed by atoms with Gasteiger partial charge in [-0.15, -0.1) is 5.10 Å². The Morgan fingerprint density at radius 3 is 2.75 bits per heavy atom. The molecule has 0 atom stereocenters. The van der Waals surface area contributed by atoms with Gasteiger partial charge in [0, 0.05) is 0 Å². The maximum absolute atomic E-state index is 10.3. The first-order chi connectivity index (χ1) is 7.34. The van der Waals surface area contributed by atoms with E-state index in [1.165, 1.54) is 6.20 Å². The lowest BCUT2D eigenvalue weighted by Gasteiger charge is -2.18. The molecule has 1 rings (SSSR count). The van der Waals surface area contributed by atoms with Crippen molar-refractivity contribution in [1.82, 2.24) is 9.78 Å². The summed E-state index contributed by atoms with van der Waals surface area (Å²) in [5, 5.41) is 15.5. The Kier molecular flexibility index (Phi) is 3.64. The van der Waals surface area contributed by atoms with Gasteiger partial charge in [0.05, 0.1) is 17.8 Å². The minimum atomic E-state index is -2.14. The van der Waals surface area contributed by atoms with Crippen LogP contribution in [0, 0.1) is 0 Å². The number of carbonyl (C=O) groups is 1. The predicted molar refractivity (Wildman–Crippen MR) is 59.4 cm³/mol. The number of hydrogen-bond acceptors (Lipinski definition) is 4. The molecule has 0 saturated heterocycles. The topological polar surface area (TPSA) is 76.4 Å². The van der Waals surface area contributed by atoms with E-state index in [4.69, 9.17) is 20.4 Å². The van der Waals surface area contributed by atoms with Gasteiger partial charge in [0.15, 0.2) is 0 Å². The molecule has 6 nitrogen and oxygen atoms in total. The Morgan fingerprint density at radius 1 is 1.69 bits per heavy atom. The molecule has 82 valence electrons. The minimum absolute atomic E-state index is 0.136. The van der Waals surface area contributed by atoms with Crippen LogP contribution in [-0.4, -0.2) is 43.1 Å². The van der Waals surface area contributed by atoms with E-state index in [1.54, 1.807) is 13.8 Å². The second-order valence-electron chi connectivity index (χ2n) is 3.50. The molecule has 0 aliphatic carbocycles. The quantitative estimate of drug-likeness (QED) is 0.498. The molecule has 0 fully saturated rings. The Balaban J connectivity index is 3.04. The summed E-state index contributed by atoms with van der Waals surface area (Å²) in [6, 6.07) is 0. The van der Waals surface area contributed by atoms with Crippen molar-refractivity contribution < 1.29 is 14.6 Å². The number of rotatable bonds is 5. The molecule has 4 radical (unpaired) electrons. The van der Waals surface area contributed by atoms with Gasteiger partial charge in [-0.25, -0.2) is 0 Å². The average molecular weight is 219 g/mol. The molecule has 8 heteroatoms. The lowest BCUT2D eigenvalue weighted by atomic mass is 9.73. The number of aromatic nitrogens is 2. The van der Waals surface area contributed by atoms with Crippen molar-refractivity contribution in [3.8, 4) is 5.88 Å². The first-order valence-corrected chi connectivity index (χ1v) is 4.61. The highest BCUT2D eigenvalue weighted by molar-refractivity contribution is 6.36. The van der Waals surface area contributed by atoms with Crippen molar-refractivity contribution in [2.75, 3.05) is 5.32 Å². The molecule has 1 aromatic rings. The summed E-state index contributed by atoms with van der Waals surface area (Å²) in [5.41, 5.74) is -1.87. The second-order valence-corrected chi connectivity index (χ2v) is 3.50. The van der Waals surface area contributed by atoms with Gasteiger partial charge in [-0.3, -0.25) is 9.48 Å². The Bertz CT molecular complexity index is 373. The van der Waals surface area contributed by atoms with Crippen LogP contribution in [0.3, 0.4) is 0 Å². The Labute approximate surface area is 95.8 Å². The fourth-order valence-electron chi connectivity index (χ4n) is 1.01. The molecule has 1 aromatic heterocycles. The smallest absolute Gasteiger partial charge is 0.257 e. The van der Waals surface area contributed by atoms with Crippen LogP contribution in [0.5, 0.6) is 5.88 Å². The van der Waals surface area contributed by atoms with Gasteiger partial charge in [-0.05, 0) is 13.8 Å². The highest BCUT2D eigenvalue weighted by Gasteiger charge is 2.20. The lowest BCUT2D eigenvalue weighted by molar-refractivity contribution is -0.105. The van der Waals surface area contributed by atoms with Gasteiger partial charge in [0.2, 0.25) is 6.41 Å². The molecule has 0 aliphatic rings. The van der Waals surface area contributed by atoms with E-state index >= 15 is 0 Å². The minimum Gasteiger partial charge on any atom is -0.472 e. The van der Waals surface area contributed by atoms with Crippen molar-refractivity contribution in [2.24, 2.45) is 0 Å². The standard InChI is InChI=1S/C8H11B2N3O3/c1-5(2)16-7-6(11-4-14)3-13(12-7)8(9,10)15/h3-5,15H,1-2H3,(H,11,14). The van der Waals surface area contributed by atoms with Gasteiger partial charge in [0.1, 0.15) is 21.4 Å². The Hall–Kier alpha value is -1.43. The number of carbonyl (C=O) groups excluding carboxylic acids is 1. The molecule has 1 heterocycles. The van der Waals surface area contributed by atoms with Crippen molar-refractivity contribution in [3.63, 3.8) is 0 Å². The van der Waals surface area contributed by atoms with E-state index in [-0.39, 0.29) is 17.7 Å². The summed E-state index contributed by atoms with van der Waals surface area (Å²) in [6.45, 7) is 3.58. The number of amides is 1. The molecule has 0 aromatic carbocycles. The van der Waals surface area contributed by atoms with Crippen molar-refractivity contribution in [2.45, 2.75) is 25.5 Å². The number of aliphatic hydroxyl groups is 1. The normalized spacial score (nSPS) is 11.5. The van der Waals surface area contributed by atoms with Crippen LogP contribution >= 0.6 is 0 Å². The number of nitrogens with zero attached hydrogens (tertiary/aromatic N) is 2. The molecule has 1 amide bonds. The number of ether oxygens (including phenoxy) is 1. The first-order valence-electron chi connectivity index (χ1n) is 4.61. The third-order valence-electron chi connectivity index (χ3n) is 1.61. The highest BCUT2D eigenvalue weighted by atomic mass is 16.5. The number of hydrogen-bond donors (Lipinski definition) is 2. The molecule has 2 N–H and O–H groups in total. The maximum atomic E-state index is 10.3. The van der Waals surface area contributed by atoms with Crippen molar-refractivity contribution >= 4 is 27.8 Å². The van der Waals surface area contributed by atoms with E-state index < -0.39 is 5.52 Å². The van der Waals surface area contributed by atoms with E-state index in [1.807, 2.05) is 0 Å². The molecular formula is C8H11B2N3O3. The number of nitrogens with one attached hydrogen (secondary N) is 1. The summed E-state index contributed by atoms with van der Waals surface area (Å²) in [7, 11) is 10.5. The van der Waals surface area contributed by atoms with E-state index in [9.17, 15) is 9.90 Å². The zero-order valence-electron chi connectivity index (χ0n) is 9.04. The van der Waals surface area contributed by atoms with Gasteiger partial charge < -0.3 is 15.2 Å². The average Bonchev–Trinajstić information content (AvgIpc) is 2.47. The van der Waals surface area contributed by atoms with Crippen molar-refractivity contribution in [3.05, 3.63) is 6.20 Å². The summed E-state index contributed by atoms with van der Waals surface area (Å²) in [6.07, 6.45) is 1.59. The zero-order chi connectivity index (χ0) is 12.3. The molecule has 0 bridgehead atoms. The monoisotopic (exact) mass is 219 g/mol. The van der Waals surface area contributed by atoms with Crippen LogP contribution < -0.4 is 10.1 Å². The van der Waals surface area contributed by atoms with Crippen LogP contribution in [0.1, 0.15) is 13.8 Å². The van der Waals surface area contributed by atoms with E-state index in [2.05, 4.69) is 10.4 Å².